The summed E-state index contributed by atoms with van der Waals surface area (Å²) in [4.78, 5) is 21.8. The van der Waals surface area contributed by atoms with Crippen LogP contribution >= 0.6 is 0 Å². The van der Waals surface area contributed by atoms with Crippen LogP contribution in [0.25, 0.3) is 33.5 Å². The summed E-state index contributed by atoms with van der Waals surface area (Å²) < 4.78 is 2.24. The molecule has 0 atom stereocenters. The third-order valence-electron chi connectivity index (χ3n) is 5.15. The van der Waals surface area contributed by atoms with E-state index in [0.717, 1.165) is 39.1 Å². The fourth-order valence-corrected chi connectivity index (χ4v) is 3.80. The number of imidazole rings is 1. The van der Waals surface area contributed by atoms with Gasteiger partial charge in [0.15, 0.2) is 5.84 Å². The fraction of sp³-hybridized carbons (Fsp3) is 0.208. The van der Waals surface area contributed by atoms with Gasteiger partial charge in [0, 0.05) is 41.7 Å². The highest BCUT2D eigenvalue weighted by Gasteiger charge is 2.25. The van der Waals surface area contributed by atoms with Crippen LogP contribution in [-0.2, 0) is 5.54 Å². The highest BCUT2D eigenvalue weighted by molar-refractivity contribution is 6.07. The van der Waals surface area contributed by atoms with Gasteiger partial charge in [-0.15, -0.1) is 0 Å². The van der Waals surface area contributed by atoms with Crippen LogP contribution < -0.4 is 11.5 Å². The molecule has 0 saturated carbocycles. The molecule has 8 nitrogen and oxygen atoms in total. The average molecular weight is 427 g/mol. The molecule has 2 heterocycles. The van der Waals surface area contributed by atoms with Crippen LogP contribution in [-0.4, -0.2) is 38.7 Å². The molecule has 32 heavy (non-hydrogen) atoms. The van der Waals surface area contributed by atoms with E-state index in [1.165, 1.54) is 6.34 Å². The van der Waals surface area contributed by atoms with Gasteiger partial charge in [0.25, 0.3) is 0 Å². The number of aliphatic imine (C=N–C) groups is 2. The quantitative estimate of drug-likeness (QED) is 0.381. The van der Waals surface area contributed by atoms with Crippen LogP contribution in [0.4, 0.5) is 5.95 Å². The van der Waals surface area contributed by atoms with E-state index in [2.05, 4.69) is 57.4 Å². The average Bonchev–Trinajstić information content (AvgIpc) is 3.17. The van der Waals surface area contributed by atoms with Gasteiger partial charge in [0.05, 0.1) is 17.4 Å². The predicted molar refractivity (Wildman–Crippen MR) is 131 cm³/mol. The molecule has 0 unspecified atom stereocenters. The molecule has 0 spiro atoms. The lowest BCUT2D eigenvalue weighted by molar-refractivity contribution is 0.413. The molecule has 4 N–H and O–H groups in total. The lowest BCUT2D eigenvalue weighted by Gasteiger charge is -2.25. The van der Waals surface area contributed by atoms with E-state index in [0.29, 0.717) is 5.84 Å². The molecule has 0 aliphatic rings. The number of benzene rings is 2. The zero-order valence-corrected chi connectivity index (χ0v) is 18.6. The van der Waals surface area contributed by atoms with Gasteiger partial charge in [0.1, 0.15) is 5.82 Å². The minimum Gasteiger partial charge on any atom is -0.390 e. The van der Waals surface area contributed by atoms with Gasteiger partial charge in [-0.05, 0) is 38.5 Å². The highest BCUT2D eigenvalue weighted by Crippen LogP contribution is 2.34. The molecule has 0 fully saturated rings. The van der Waals surface area contributed by atoms with Crippen LogP contribution in [0, 0.1) is 0 Å². The first-order chi connectivity index (χ1) is 15.3. The first-order valence-electron chi connectivity index (χ1n) is 10.2. The Balaban J connectivity index is 1.97. The maximum Gasteiger partial charge on any atom is 0.219 e. The number of aromatic nitrogens is 4. The zero-order chi connectivity index (χ0) is 22.9. The van der Waals surface area contributed by atoms with Gasteiger partial charge >= 0.3 is 0 Å². The Morgan fingerprint density at radius 3 is 2.41 bits per heavy atom. The molecule has 162 valence electrons. The second-order valence-electron chi connectivity index (χ2n) is 8.35. The monoisotopic (exact) mass is 426 g/mol. The van der Waals surface area contributed by atoms with Crippen molar-refractivity contribution in [3.05, 3.63) is 60.4 Å². The van der Waals surface area contributed by atoms with E-state index in [1.807, 2.05) is 30.3 Å². The van der Waals surface area contributed by atoms with Crippen molar-refractivity contribution in [1.82, 2.24) is 19.5 Å². The number of anilines is 1. The molecular formula is C24H26N8. The Kier molecular flexibility index (Phi) is 5.44. The van der Waals surface area contributed by atoms with Crippen molar-refractivity contribution in [2.45, 2.75) is 26.3 Å². The number of nitrogens with two attached hydrogens (primary N) is 2. The molecule has 0 aliphatic carbocycles. The van der Waals surface area contributed by atoms with E-state index in [1.54, 1.807) is 19.4 Å². The molecule has 2 aromatic heterocycles. The summed E-state index contributed by atoms with van der Waals surface area (Å²) in [5, 5.41) is 0. The van der Waals surface area contributed by atoms with Crippen LogP contribution in [0.5, 0.6) is 0 Å². The van der Waals surface area contributed by atoms with E-state index in [-0.39, 0.29) is 11.5 Å². The number of nitrogen functional groups attached to an aromatic ring is 1. The minimum atomic E-state index is -0.219. The van der Waals surface area contributed by atoms with E-state index in [4.69, 9.17) is 16.5 Å². The Morgan fingerprint density at radius 2 is 1.75 bits per heavy atom. The third-order valence-corrected chi connectivity index (χ3v) is 5.15. The van der Waals surface area contributed by atoms with Crippen molar-refractivity contribution >= 4 is 29.2 Å². The van der Waals surface area contributed by atoms with Gasteiger partial charge in [0.2, 0.25) is 5.95 Å². The molecule has 0 saturated heterocycles. The topological polar surface area (TPSA) is 120 Å². The van der Waals surface area contributed by atoms with Gasteiger partial charge in [-0.3, -0.25) is 4.99 Å². The summed E-state index contributed by atoms with van der Waals surface area (Å²) in [6.07, 6.45) is 4.69. The van der Waals surface area contributed by atoms with E-state index < -0.39 is 0 Å². The Labute approximate surface area is 186 Å². The molecule has 0 aliphatic heterocycles. The summed E-state index contributed by atoms with van der Waals surface area (Å²) in [6, 6.07) is 14.1. The molecule has 8 heteroatoms. The van der Waals surface area contributed by atoms with Gasteiger partial charge in [-0.25, -0.2) is 19.9 Å². The molecule has 0 bridgehead atoms. The summed E-state index contributed by atoms with van der Waals surface area (Å²) in [5.41, 5.74) is 16.5. The van der Waals surface area contributed by atoms with Gasteiger partial charge < -0.3 is 16.0 Å². The maximum atomic E-state index is 5.64. The molecular weight excluding hydrogens is 400 g/mol. The first kappa shape index (κ1) is 21.2. The Hall–Kier alpha value is -4.07. The molecule has 0 amide bonds. The number of fused-ring (bicyclic) bond motifs is 1. The Morgan fingerprint density at radius 1 is 1.03 bits per heavy atom. The lowest BCUT2D eigenvalue weighted by Crippen LogP contribution is -2.23. The summed E-state index contributed by atoms with van der Waals surface area (Å²) in [6.45, 7) is 6.48. The molecule has 4 aromatic rings. The predicted octanol–water partition coefficient (Wildman–Crippen LogP) is 3.86. The van der Waals surface area contributed by atoms with E-state index >= 15 is 0 Å². The van der Waals surface area contributed by atoms with Crippen molar-refractivity contribution in [3.8, 4) is 22.5 Å². The van der Waals surface area contributed by atoms with Gasteiger partial charge in [-0.2, -0.15) is 0 Å². The normalized spacial score (nSPS) is 12.7. The van der Waals surface area contributed by atoms with E-state index in [9.17, 15) is 0 Å². The van der Waals surface area contributed by atoms with Crippen molar-refractivity contribution in [2.75, 3.05) is 12.8 Å². The molecule has 2 aromatic carbocycles. The second-order valence-corrected chi connectivity index (χ2v) is 8.35. The summed E-state index contributed by atoms with van der Waals surface area (Å²) >= 11 is 0. The zero-order valence-electron chi connectivity index (χ0n) is 18.6. The molecule has 4 rings (SSSR count). The highest BCUT2D eigenvalue weighted by atomic mass is 15.1. The third kappa shape index (κ3) is 3.82. The van der Waals surface area contributed by atoms with Crippen molar-refractivity contribution in [3.63, 3.8) is 0 Å². The van der Waals surface area contributed by atoms with Crippen LogP contribution in [0.2, 0.25) is 0 Å². The largest absolute Gasteiger partial charge is 0.390 e. The minimum absolute atomic E-state index is 0.219. The number of amidine groups is 1. The van der Waals surface area contributed by atoms with Crippen LogP contribution in [0.1, 0.15) is 26.3 Å². The summed E-state index contributed by atoms with van der Waals surface area (Å²) in [7, 11) is 1.70. The maximum absolute atomic E-state index is 5.64. The first-order valence-corrected chi connectivity index (χ1v) is 10.2. The standard InChI is InChI=1S/C24H26N8/c1-24(2,3)32-20-10-9-15(16-12-28-23(26)29-13-16)11-19(20)31-22(32)18-8-6-5-7-17(18)21(27-4)30-14-25/h5-14H,1-4H3,(H2,25,27,30)(H2,26,28,29). The summed E-state index contributed by atoms with van der Waals surface area (Å²) in [5.74, 6) is 1.64. The van der Waals surface area contributed by atoms with Crippen molar-refractivity contribution in [2.24, 2.45) is 15.7 Å². The Bertz CT molecular complexity index is 1320. The van der Waals surface area contributed by atoms with Crippen molar-refractivity contribution < 1.29 is 0 Å². The fourth-order valence-electron chi connectivity index (χ4n) is 3.80. The SMILES string of the molecule is CN=C(N=CN)c1ccccc1-c1nc2cc(-c3cnc(N)nc3)ccc2n1C(C)(C)C. The number of hydrogen-bond acceptors (Lipinski definition) is 5. The second kappa shape index (κ2) is 8.22. The van der Waals surface area contributed by atoms with Crippen LogP contribution in [0.15, 0.2) is 64.8 Å². The molecule has 0 radical (unpaired) electrons. The smallest absolute Gasteiger partial charge is 0.219 e. The number of rotatable bonds is 3. The van der Waals surface area contributed by atoms with Crippen molar-refractivity contribution in [1.29, 1.82) is 0 Å². The van der Waals surface area contributed by atoms with Crippen LogP contribution in [0.3, 0.4) is 0 Å². The number of nitrogens with zero attached hydrogens (tertiary/aromatic N) is 6. The van der Waals surface area contributed by atoms with Gasteiger partial charge in [-0.1, -0.05) is 30.3 Å². The lowest BCUT2D eigenvalue weighted by atomic mass is 10.0. The number of hydrogen-bond donors (Lipinski definition) is 2.